The fourth-order valence-electron chi connectivity index (χ4n) is 10.4. The Morgan fingerprint density at radius 3 is 1.24 bits per heavy atom. The number of nitrogens with zero attached hydrogens (tertiary/aromatic N) is 2. The topological polar surface area (TPSA) is 66.9 Å². The zero-order chi connectivity index (χ0) is 37.7. The lowest BCUT2D eigenvalue weighted by molar-refractivity contribution is 0.398. The van der Waals surface area contributed by atoms with Crippen molar-refractivity contribution < 1.29 is 8.83 Å². The molecule has 0 N–H and O–H groups in total. The summed E-state index contributed by atoms with van der Waals surface area (Å²) in [4.78, 5) is 33.3. The Kier molecular flexibility index (Phi) is 6.80. The van der Waals surface area contributed by atoms with Gasteiger partial charge in [0.15, 0.2) is 0 Å². The molecule has 6 nitrogen and oxygen atoms in total. The number of rotatable bonds is 2. The van der Waals surface area contributed by atoms with Crippen LogP contribution in [0.25, 0.3) is 55.0 Å². The highest BCUT2D eigenvalue weighted by atomic mass is 16.4. The summed E-state index contributed by atoms with van der Waals surface area (Å²) in [5, 5.41) is 3.71. The van der Waals surface area contributed by atoms with E-state index in [-0.39, 0.29) is 32.9 Å². The molecule has 54 heavy (non-hydrogen) atoms. The van der Waals surface area contributed by atoms with Gasteiger partial charge in [0.25, 0.3) is 0 Å². The van der Waals surface area contributed by atoms with E-state index < -0.39 is 0 Å². The van der Waals surface area contributed by atoms with Crippen LogP contribution in [0.5, 0.6) is 0 Å². The monoisotopic (exact) mass is 718 g/mol. The average Bonchev–Trinajstić information content (AvgIpc) is 3.11. The highest BCUT2D eigenvalue weighted by molar-refractivity contribution is 6.06. The minimum atomic E-state index is -0.345. The van der Waals surface area contributed by atoms with Gasteiger partial charge in [0.05, 0.1) is 11.1 Å². The SMILES string of the molecule is CC1(C)CCN2CCC(C)(C)c3c2c1cc1cc(-c2ccc(-c4cc5cc6c7c(c5oc4=O)C(C)(C)CCN7CCC6(C)C)c4ccccc24)c(=O)oc31. The van der Waals surface area contributed by atoms with E-state index in [2.05, 4.69) is 77.3 Å². The molecule has 0 saturated heterocycles. The van der Waals surface area contributed by atoms with Crippen LogP contribution in [0, 0.1) is 0 Å². The zero-order valence-electron chi connectivity index (χ0n) is 33.0. The van der Waals surface area contributed by atoms with Gasteiger partial charge in [0.1, 0.15) is 11.2 Å². The van der Waals surface area contributed by atoms with Crippen molar-refractivity contribution in [2.75, 3.05) is 36.0 Å². The molecule has 0 radical (unpaired) electrons. The van der Waals surface area contributed by atoms with Gasteiger partial charge in [-0.05, 0) is 105 Å². The Balaban J connectivity index is 1.18. The van der Waals surface area contributed by atoms with Crippen LogP contribution in [-0.4, -0.2) is 26.2 Å². The van der Waals surface area contributed by atoms with Gasteiger partial charge in [0.2, 0.25) is 0 Å². The molecule has 276 valence electrons. The van der Waals surface area contributed by atoms with Crippen LogP contribution in [0.2, 0.25) is 0 Å². The van der Waals surface area contributed by atoms with Crippen molar-refractivity contribution in [1.82, 2.24) is 0 Å². The molecular formula is C48H50N2O4. The third-order valence-electron chi connectivity index (χ3n) is 14.0. The summed E-state index contributed by atoms with van der Waals surface area (Å²) in [6.45, 7) is 22.5. The van der Waals surface area contributed by atoms with Crippen LogP contribution in [0.15, 0.2) is 79.1 Å². The van der Waals surface area contributed by atoms with Crippen molar-refractivity contribution in [3.63, 3.8) is 0 Å². The first-order valence-electron chi connectivity index (χ1n) is 19.9. The summed E-state index contributed by atoms with van der Waals surface area (Å²) >= 11 is 0. The van der Waals surface area contributed by atoms with Crippen molar-refractivity contribution in [1.29, 1.82) is 0 Å². The smallest absolute Gasteiger partial charge is 0.344 e. The van der Waals surface area contributed by atoms with Crippen LogP contribution in [0.3, 0.4) is 0 Å². The Morgan fingerprint density at radius 1 is 0.481 bits per heavy atom. The third-order valence-corrected chi connectivity index (χ3v) is 14.0. The lowest BCUT2D eigenvalue weighted by Gasteiger charge is -2.48. The molecule has 4 aliphatic heterocycles. The van der Waals surface area contributed by atoms with Crippen LogP contribution < -0.4 is 21.1 Å². The van der Waals surface area contributed by atoms with Crippen LogP contribution in [0.1, 0.15) is 103 Å². The average molecular weight is 719 g/mol. The van der Waals surface area contributed by atoms with E-state index >= 15 is 0 Å². The Hall–Kier alpha value is -4.84. The maximum absolute atomic E-state index is 14.2. The normalized spacial score (nSPS) is 20.3. The van der Waals surface area contributed by atoms with Gasteiger partial charge in [-0.3, -0.25) is 0 Å². The first-order valence-corrected chi connectivity index (χ1v) is 19.9. The number of anilines is 2. The second-order valence-electron chi connectivity index (χ2n) is 19.2. The standard InChI is InChI=1S/C48H50N2O4/c1-45(2)15-19-49-21-17-47(5,6)37-39(49)35(45)25-27-23-33(43(51)53-41(27)37)31-13-14-32(30-12-10-9-11-29(30)31)34-24-28-26-36-40-38(42(28)54-44(34)52)48(7,8)18-22-50(40)20-16-46(36,3)4/h9-14,23-26H,15-22H2,1-8H3. The van der Waals surface area contributed by atoms with E-state index in [1.165, 1.54) is 22.5 Å². The molecule has 4 aromatic carbocycles. The number of benzene rings is 4. The van der Waals surface area contributed by atoms with Crippen LogP contribution in [-0.2, 0) is 21.7 Å². The molecule has 0 amide bonds. The quantitative estimate of drug-likeness (QED) is 0.166. The van der Waals surface area contributed by atoms with Crippen molar-refractivity contribution in [3.8, 4) is 22.3 Å². The number of fused-ring (bicyclic) bond motifs is 5. The van der Waals surface area contributed by atoms with Crippen molar-refractivity contribution >= 4 is 44.1 Å². The molecular weight excluding hydrogens is 669 g/mol. The second kappa shape index (κ2) is 10.9. The maximum Gasteiger partial charge on any atom is 0.344 e. The fraction of sp³-hybridized carbons (Fsp3) is 0.417. The van der Waals surface area contributed by atoms with Crippen molar-refractivity contribution in [2.45, 2.75) is 103 Å². The van der Waals surface area contributed by atoms with Gasteiger partial charge >= 0.3 is 11.3 Å². The van der Waals surface area contributed by atoms with E-state index in [9.17, 15) is 9.59 Å². The van der Waals surface area contributed by atoms with Crippen molar-refractivity contribution in [3.05, 3.63) is 104 Å². The summed E-state index contributed by atoms with van der Waals surface area (Å²) in [6, 6.07) is 20.7. The summed E-state index contributed by atoms with van der Waals surface area (Å²) in [6.07, 6.45) is 4.19. The molecule has 6 aromatic rings. The summed E-state index contributed by atoms with van der Waals surface area (Å²) in [5.74, 6) is 0. The van der Waals surface area contributed by atoms with Crippen LogP contribution >= 0.6 is 0 Å². The Labute approximate surface area is 316 Å². The fourth-order valence-corrected chi connectivity index (χ4v) is 10.4. The molecule has 0 bridgehead atoms. The molecule has 0 saturated carbocycles. The van der Waals surface area contributed by atoms with Gasteiger partial charge in [-0.15, -0.1) is 0 Å². The highest BCUT2D eigenvalue weighted by Gasteiger charge is 2.43. The summed E-state index contributed by atoms with van der Waals surface area (Å²) < 4.78 is 12.8. The predicted octanol–water partition coefficient (Wildman–Crippen LogP) is 10.7. The molecule has 2 aromatic heterocycles. The first kappa shape index (κ1) is 33.7. The van der Waals surface area contributed by atoms with Gasteiger partial charge in [-0.25, -0.2) is 9.59 Å². The predicted molar refractivity (Wildman–Crippen MR) is 222 cm³/mol. The molecule has 10 rings (SSSR count). The minimum absolute atomic E-state index is 0.00963. The van der Waals surface area contributed by atoms with Gasteiger partial charge in [-0.2, -0.15) is 0 Å². The maximum atomic E-state index is 14.2. The molecule has 0 fully saturated rings. The molecule has 6 heterocycles. The lowest BCUT2D eigenvalue weighted by atomic mass is 9.69. The number of hydrogen-bond donors (Lipinski definition) is 0. The molecule has 0 spiro atoms. The van der Waals surface area contributed by atoms with Gasteiger partial charge in [-0.1, -0.05) is 91.8 Å². The van der Waals surface area contributed by atoms with E-state index in [0.717, 1.165) is 95.7 Å². The van der Waals surface area contributed by atoms with Gasteiger partial charge in [0, 0.05) is 59.5 Å². The molecule has 0 aliphatic carbocycles. The second-order valence-corrected chi connectivity index (χ2v) is 19.2. The van der Waals surface area contributed by atoms with Crippen LogP contribution in [0.4, 0.5) is 11.4 Å². The zero-order valence-corrected chi connectivity index (χ0v) is 33.0. The van der Waals surface area contributed by atoms with Gasteiger partial charge < -0.3 is 18.6 Å². The highest BCUT2D eigenvalue weighted by Crippen LogP contribution is 2.54. The Bertz CT molecular complexity index is 2550. The first-order chi connectivity index (χ1) is 25.6. The number of hydrogen-bond acceptors (Lipinski definition) is 6. The summed E-state index contributed by atoms with van der Waals surface area (Å²) in [7, 11) is 0. The largest absolute Gasteiger partial charge is 0.422 e. The molecule has 6 heteroatoms. The molecule has 0 unspecified atom stereocenters. The Morgan fingerprint density at radius 2 is 0.852 bits per heavy atom. The van der Waals surface area contributed by atoms with E-state index in [0.29, 0.717) is 22.3 Å². The molecule has 4 aliphatic rings. The molecule has 0 atom stereocenters. The lowest BCUT2D eigenvalue weighted by Crippen LogP contribution is -2.44. The van der Waals surface area contributed by atoms with E-state index in [1.807, 2.05) is 48.5 Å². The van der Waals surface area contributed by atoms with E-state index in [1.54, 1.807) is 0 Å². The van der Waals surface area contributed by atoms with Crippen molar-refractivity contribution in [2.24, 2.45) is 0 Å². The third kappa shape index (κ3) is 4.64. The minimum Gasteiger partial charge on any atom is -0.422 e. The summed E-state index contributed by atoms with van der Waals surface area (Å²) in [5.41, 5.74) is 10.7. The van der Waals surface area contributed by atoms with E-state index in [4.69, 9.17) is 8.83 Å².